The van der Waals surface area contributed by atoms with E-state index in [9.17, 15) is 13.2 Å². The van der Waals surface area contributed by atoms with Crippen molar-refractivity contribution in [2.45, 2.75) is 18.7 Å². The summed E-state index contributed by atoms with van der Waals surface area (Å²) in [5.74, 6) is -0.142. The number of nitrogens with one attached hydrogen (secondary N) is 1. The number of ether oxygens (including phenoxy) is 2. The lowest BCUT2D eigenvalue weighted by atomic mass is 10.1. The van der Waals surface area contributed by atoms with Crippen LogP contribution in [0.15, 0.2) is 41.3 Å². The van der Waals surface area contributed by atoms with Crippen molar-refractivity contribution in [1.82, 2.24) is 0 Å². The molecule has 0 aliphatic heterocycles. The molecule has 2 rings (SSSR count). The van der Waals surface area contributed by atoms with Gasteiger partial charge in [0.1, 0.15) is 5.75 Å². The highest BCUT2D eigenvalue weighted by molar-refractivity contribution is 7.92. The second kappa shape index (κ2) is 7.76. The lowest BCUT2D eigenvalue weighted by molar-refractivity contribution is 0.0526. The van der Waals surface area contributed by atoms with E-state index < -0.39 is 16.0 Å². The van der Waals surface area contributed by atoms with Gasteiger partial charge in [0.15, 0.2) is 0 Å². The quantitative estimate of drug-likeness (QED) is 0.770. The molecule has 2 aromatic carbocycles. The van der Waals surface area contributed by atoms with Crippen LogP contribution < -0.4 is 9.46 Å². The van der Waals surface area contributed by atoms with E-state index in [4.69, 9.17) is 21.1 Å². The molecule has 25 heavy (non-hydrogen) atoms. The third kappa shape index (κ3) is 4.43. The van der Waals surface area contributed by atoms with Gasteiger partial charge in [-0.1, -0.05) is 17.7 Å². The fourth-order valence-corrected chi connectivity index (χ4v) is 3.56. The van der Waals surface area contributed by atoms with Crippen LogP contribution in [-0.2, 0) is 14.8 Å². The zero-order chi connectivity index (χ0) is 18.6. The largest absolute Gasteiger partial charge is 0.495 e. The molecule has 6 nitrogen and oxygen atoms in total. The van der Waals surface area contributed by atoms with Gasteiger partial charge in [0.25, 0.3) is 10.0 Å². The van der Waals surface area contributed by atoms with Gasteiger partial charge in [-0.05, 0) is 49.7 Å². The summed E-state index contributed by atoms with van der Waals surface area (Å²) in [6.45, 7) is 3.66. The number of aryl methyl sites for hydroxylation is 1. The number of hydrogen-bond donors (Lipinski definition) is 1. The Morgan fingerprint density at radius 2 is 1.92 bits per heavy atom. The number of benzene rings is 2. The number of esters is 1. The van der Waals surface area contributed by atoms with Crippen LogP contribution in [0.2, 0.25) is 5.02 Å². The SMILES string of the molecule is CCOC(=O)c1ccc(C)c(NS(=O)(=O)c2ccc(OC)c(Cl)c2)c1. The first-order valence-electron chi connectivity index (χ1n) is 7.42. The molecule has 0 saturated heterocycles. The summed E-state index contributed by atoms with van der Waals surface area (Å²) in [5.41, 5.74) is 1.21. The second-order valence-electron chi connectivity index (χ2n) is 5.15. The van der Waals surface area contributed by atoms with Crippen LogP contribution in [0.5, 0.6) is 5.75 Å². The van der Waals surface area contributed by atoms with E-state index in [0.29, 0.717) is 11.3 Å². The lowest BCUT2D eigenvalue weighted by Crippen LogP contribution is -2.15. The molecule has 0 amide bonds. The molecular formula is C17H18ClNO5S. The molecule has 0 aliphatic rings. The average Bonchev–Trinajstić information content (AvgIpc) is 2.56. The molecule has 0 unspecified atom stereocenters. The zero-order valence-corrected chi connectivity index (χ0v) is 15.6. The van der Waals surface area contributed by atoms with Crippen molar-refractivity contribution in [3.63, 3.8) is 0 Å². The van der Waals surface area contributed by atoms with Gasteiger partial charge in [-0.3, -0.25) is 4.72 Å². The molecule has 2 aromatic rings. The molecule has 0 radical (unpaired) electrons. The maximum atomic E-state index is 12.6. The van der Waals surface area contributed by atoms with E-state index >= 15 is 0 Å². The number of methoxy groups -OCH3 is 1. The summed E-state index contributed by atoms with van der Waals surface area (Å²) < 4.78 is 37.6. The van der Waals surface area contributed by atoms with Crippen LogP contribution in [0.4, 0.5) is 5.69 Å². The summed E-state index contributed by atoms with van der Waals surface area (Å²) >= 11 is 5.99. The van der Waals surface area contributed by atoms with Crippen molar-refractivity contribution in [2.24, 2.45) is 0 Å². The van der Waals surface area contributed by atoms with Crippen molar-refractivity contribution in [3.8, 4) is 5.75 Å². The van der Waals surface area contributed by atoms with Gasteiger partial charge in [-0.25, -0.2) is 13.2 Å². The first kappa shape index (κ1) is 19.1. The number of rotatable bonds is 6. The molecule has 0 fully saturated rings. The van der Waals surface area contributed by atoms with Crippen LogP contribution in [0.25, 0.3) is 0 Å². The average molecular weight is 384 g/mol. The van der Waals surface area contributed by atoms with E-state index in [2.05, 4.69) is 4.72 Å². The standard InChI is InChI=1S/C17H18ClNO5S/c1-4-24-17(20)12-6-5-11(2)15(9-12)19-25(21,22)13-7-8-16(23-3)14(18)10-13/h5-10,19H,4H2,1-3H3. The molecule has 0 saturated carbocycles. The van der Waals surface area contributed by atoms with Gasteiger partial charge in [0, 0.05) is 0 Å². The molecule has 0 heterocycles. The smallest absolute Gasteiger partial charge is 0.338 e. The molecule has 134 valence electrons. The molecular weight excluding hydrogens is 366 g/mol. The molecule has 0 spiro atoms. The normalized spacial score (nSPS) is 11.0. The van der Waals surface area contributed by atoms with E-state index in [1.54, 1.807) is 26.0 Å². The minimum atomic E-state index is -3.88. The molecule has 8 heteroatoms. The van der Waals surface area contributed by atoms with E-state index in [1.807, 2.05) is 0 Å². The Labute approximate surface area is 151 Å². The Morgan fingerprint density at radius 3 is 2.52 bits per heavy atom. The van der Waals surface area contributed by atoms with Crippen molar-refractivity contribution in [1.29, 1.82) is 0 Å². The highest BCUT2D eigenvalue weighted by Gasteiger charge is 2.18. The van der Waals surface area contributed by atoms with Crippen molar-refractivity contribution >= 4 is 33.3 Å². The summed E-state index contributed by atoms with van der Waals surface area (Å²) in [4.78, 5) is 11.8. The maximum Gasteiger partial charge on any atom is 0.338 e. The predicted molar refractivity (Wildman–Crippen MR) is 95.9 cm³/mol. The second-order valence-corrected chi connectivity index (χ2v) is 7.24. The molecule has 0 atom stereocenters. The van der Waals surface area contributed by atoms with Crippen molar-refractivity contribution in [2.75, 3.05) is 18.4 Å². The first-order valence-corrected chi connectivity index (χ1v) is 9.28. The Kier molecular flexibility index (Phi) is 5.92. The molecule has 0 bridgehead atoms. The van der Waals surface area contributed by atoms with Crippen LogP contribution >= 0.6 is 11.6 Å². The lowest BCUT2D eigenvalue weighted by Gasteiger charge is -2.13. The fraction of sp³-hybridized carbons (Fsp3) is 0.235. The van der Waals surface area contributed by atoms with Gasteiger partial charge in [0.2, 0.25) is 0 Å². The van der Waals surface area contributed by atoms with Gasteiger partial charge in [-0.15, -0.1) is 0 Å². The van der Waals surface area contributed by atoms with Gasteiger partial charge < -0.3 is 9.47 Å². The number of carbonyl (C=O) groups excluding carboxylic acids is 1. The number of anilines is 1. The van der Waals surface area contributed by atoms with Crippen LogP contribution in [0, 0.1) is 6.92 Å². The Morgan fingerprint density at radius 1 is 1.20 bits per heavy atom. The zero-order valence-electron chi connectivity index (χ0n) is 14.0. The highest BCUT2D eigenvalue weighted by atomic mass is 35.5. The Balaban J connectivity index is 2.35. The van der Waals surface area contributed by atoms with Crippen molar-refractivity contribution < 1.29 is 22.7 Å². The third-order valence-electron chi connectivity index (χ3n) is 3.43. The highest BCUT2D eigenvalue weighted by Crippen LogP contribution is 2.28. The summed E-state index contributed by atoms with van der Waals surface area (Å²) in [6.07, 6.45) is 0. The Bertz CT molecular complexity index is 896. The summed E-state index contributed by atoms with van der Waals surface area (Å²) in [7, 11) is -2.44. The number of halogens is 1. The summed E-state index contributed by atoms with van der Waals surface area (Å²) in [6, 6.07) is 8.82. The van der Waals surface area contributed by atoms with Crippen LogP contribution in [0.3, 0.4) is 0 Å². The van der Waals surface area contributed by atoms with E-state index in [-0.39, 0.29) is 27.8 Å². The molecule has 0 aliphatic carbocycles. The van der Waals surface area contributed by atoms with Crippen LogP contribution in [0.1, 0.15) is 22.8 Å². The maximum absolute atomic E-state index is 12.6. The number of hydrogen-bond acceptors (Lipinski definition) is 5. The Hall–Kier alpha value is -2.25. The van der Waals surface area contributed by atoms with Gasteiger partial charge in [-0.2, -0.15) is 0 Å². The first-order chi connectivity index (χ1) is 11.8. The number of carbonyl (C=O) groups is 1. The van der Waals surface area contributed by atoms with Crippen LogP contribution in [-0.4, -0.2) is 28.1 Å². The topological polar surface area (TPSA) is 81.7 Å². The van der Waals surface area contributed by atoms with E-state index in [0.717, 1.165) is 0 Å². The van der Waals surface area contributed by atoms with Crippen molar-refractivity contribution in [3.05, 3.63) is 52.5 Å². The monoisotopic (exact) mass is 383 g/mol. The van der Waals surface area contributed by atoms with Gasteiger partial charge in [0.05, 0.1) is 34.9 Å². The minimum Gasteiger partial charge on any atom is -0.495 e. The summed E-state index contributed by atoms with van der Waals surface area (Å²) in [5, 5.41) is 0.183. The predicted octanol–water partition coefficient (Wildman–Crippen LogP) is 3.63. The third-order valence-corrected chi connectivity index (χ3v) is 5.09. The fourth-order valence-electron chi connectivity index (χ4n) is 2.09. The van der Waals surface area contributed by atoms with Gasteiger partial charge >= 0.3 is 5.97 Å². The molecule has 0 aromatic heterocycles. The minimum absolute atomic E-state index is 0.0146. The molecule has 1 N–H and O–H groups in total. The number of sulfonamides is 1. The van der Waals surface area contributed by atoms with E-state index in [1.165, 1.54) is 31.4 Å².